The van der Waals surface area contributed by atoms with E-state index in [4.69, 9.17) is 5.11 Å². The number of imide groups is 1. The van der Waals surface area contributed by atoms with Gasteiger partial charge in [0.2, 0.25) is 15.9 Å². The van der Waals surface area contributed by atoms with E-state index in [-0.39, 0.29) is 25.1 Å². The fourth-order valence-corrected chi connectivity index (χ4v) is 1.43. The average Bonchev–Trinajstić information content (AvgIpc) is 2.26. The minimum Gasteiger partial charge on any atom is -0.481 e. The molecule has 0 aliphatic heterocycles. The Kier molecular flexibility index (Phi) is 6.90. The number of rotatable bonds is 7. The molecule has 0 rings (SSSR count). The molecule has 0 aliphatic rings. The third kappa shape index (κ3) is 8.47. The number of sulfonamides is 1. The summed E-state index contributed by atoms with van der Waals surface area (Å²) in [7, 11) is -2.18. The lowest BCUT2D eigenvalue weighted by molar-refractivity contribution is -0.138. The van der Waals surface area contributed by atoms with Crippen molar-refractivity contribution in [3.8, 4) is 0 Å². The van der Waals surface area contributed by atoms with Crippen molar-refractivity contribution in [3.05, 3.63) is 0 Å². The van der Waals surface area contributed by atoms with Crippen molar-refractivity contribution in [1.29, 1.82) is 0 Å². The van der Waals surface area contributed by atoms with Crippen LogP contribution < -0.4 is 15.4 Å². The van der Waals surface area contributed by atoms with Gasteiger partial charge in [0, 0.05) is 13.0 Å². The van der Waals surface area contributed by atoms with Gasteiger partial charge in [0.05, 0.1) is 12.2 Å². The number of carboxylic acids is 1. The first-order valence-electron chi connectivity index (χ1n) is 4.97. The lowest BCUT2D eigenvalue weighted by atomic mass is 10.3. The van der Waals surface area contributed by atoms with E-state index in [9.17, 15) is 22.8 Å². The van der Waals surface area contributed by atoms with Crippen molar-refractivity contribution in [2.75, 3.05) is 19.3 Å². The van der Waals surface area contributed by atoms with E-state index in [1.807, 2.05) is 5.32 Å². The van der Waals surface area contributed by atoms with Gasteiger partial charge >= 0.3 is 12.0 Å². The van der Waals surface area contributed by atoms with Crippen molar-refractivity contribution in [2.45, 2.75) is 12.8 Å². The molecule has 9 nitrogen and oxygen atoms in total. The summed E-state index contributed by atoms with van der Waals surface area (Å²) in [5, 5.41) is 12.3. The van der Waals surface area contributed by atoms with Crippen LogP contribution in [-0.2, 0) is 19.6 Å². The van der Waals surface area contributed by atoms with Gasteiger partial charge in [-0.05, 0) is 7.05 Å². The smallest absolute Gasteiger partial charge is 0.321 e. The predicted octanol–water partition coefficient (Wildman–Crippen LogP) is -1.77. The van der Waals surface area contributed by atoms with Crippen molar-refractivity contribution >= 4 is 27.9 Å². The number of hydrogen-bond acceptors (Lipinski definition) is 5. The molecule has 0 aliphatic carbocycles. The third-order valence-corrected chi connectivity index (χ3v) is 3.15. The van der Waals surface area contributed by atoms with Gasteiger partial charge in [-0.15, -0.1) is 0 Å². The van der Waals surface area contributed by atoms with E-state index in [2.05, 4.69) is 10.0 Å². The minimum absolute atomic E-state index is 0.165. The summed E-state index contributed by atoms with van der Waals surface area (Å²) in [6, 6.07) is -0.864. The van der Waals surface area contributed by atoms with E-state index in [1.165, 1.54) is 7.05 Å². The summed E-state index contributed by atoms with van der Waals surface area (Å²) in [5.74, 6) is -2.21. The second kappa shape index (κ2) is 7.61. The second-order valence-corrected chi connectivity index (χ2v) is 5.27. The lowest BCUT2D eigenvalue weighted by Crippen LogP contribution is -2.42. The molecule has 0 aromatic heterocycles. The molecule has 0 aromatic rings. The Morgan fingerprint density at radius 2 is 1.78 bits per heavy atom. The topological polar surface area (TPSA) is 142 Å². The predicted molar refractivity (Wildman–Crippen MR) is 61.3 cm³/mol. The van der Waals surface area contributed by atoms with Gasteiger partial charge in [0.25, 0.3) is 0 Å². The Hall–Kier alpha value is -1.68. The van der Waals surface area contributed by atoms with E-state index in [1.54, 1.807) is 0 Å². The highest BCUT2D eigenvalue weighted by Gasteiger charge is 2.11. The number of urea groups is 1. The Morgan fingerprint density at radius 3 is 2.28 bits per heavy atom. The quantitative estimate of drug-likeness (QED) is 0.435. The number of nitrogens with one attached hydrogen (secondary N) is 3. The van der Waals surface area contributed by atoms with Gasteiger partial charge in [-0.25, -0.2) is 17.9 Å². The summed E-state index contributed by atoms with van der Waals surface area (Å²) in [6.45, 7) is -0.165. The molecule has 104 valence electrons. The molecule has 0 fully saturated rings. The Balaban J connectivity index is 3.85. The first-order valence-corrected chi connectivity index (χ1v) is 6.63. The molecule has 0 saturated heterocycles. The normalized spacial score (nSPS) is 10.7. The summed E-state index contributed by atoms with van der Waals surface area (Å²) < 4.78 is 24.0. The van der Waals surface area contributed by atoms with Crippen LogP contribution in [0.25, 0.3) is 0 Å². The molecule has 3 amide bonds. The number of carboxylic acid groups (broad SMARTS) is 1. The molecule has 18 heavy (non-hydrogen) atoms. The average molecular weight is 281 g/mol. The maximum Gasteiger partial charge on any atom is 0.321 e. The number of carbonyl (C=O) groups is 3. The Bertz CT molecular complexity index is 419. The van der Waals surface area contributed by atoms with Crippen LogP contribution in [0.3, 0.4) is 0 Å². The van der Waals surface area contributed by atoms with Crippen molar-refractivity contribution in [3.63, 3.8) is 0 Å². The second-order valence-electron chi connectivity index (χ2n) is 3.22. The van der Waals surface area contributed by atoms with Crippen LogP contribution in [-0.4, -0.2) is 50.8 Å². The highest BCUT2D eigenvalue weighted by molar-refractivity contribution is 7.89. The summed E-state index contributed by atoms with van der Waals surface area (Å²) >= 11 is 0. The molecule has 0 aromatic carbocycles. The van der Waals surface area contributed by atoms with Crippen LogP contribution in [0.4, 0.5) is 4.79 Å². The molecular formula is C8H15N3O6S. The fourth-order valence-electron chi connectivity index (χ4n) is 0.855. The van der Waals surface area contributed by atoms with Crippen LogP contribution >= 0.6 is 0 Å². The van der Waals surface area contributed by atoms with Crippen LogP contribution in [0.15, 0.2) is 0 Å². The first kappa shape index (κ1) is 16.3. The molecule has 0 heterocycles. The largest absolute Gasteiger partial charge is 0.481 e. The zero-order valence-corrected chi connectivity index (χ0v) is 10.5. The Morgan fingerprint density at radius 1 is 1.17 bits per heavy atom. The molecule has 0 bridgehead atoms. The highest BCUT2D eigenvalue weighted by Crippen LogP contribution is 1.88. The fraction of sp³-hybridized carbons (Fsp3) is 0.625. The monoisotopic (exact) mass is 281 g/mol. The first-order chi connectivity index (χ1) is 8.26. The van der Waals surface area contributed by atoms with Gasteiger partial charge in [-0.2, -0.15) is 0 Å². The molecule has 0 spiro atoms. The van der Waals surface area contributed by atoms with E-state index in [0.29, 0.717) is 0 Å². The summed E-state index contributed by atoms with van der Waals surface area (Å²) in [5.41, 5.74) is 0. The molecule has 0 saturated carbocycles. The number of aliphatic carboxylic acids is 1. The third-order valence-electron chi connectivity index (χ3n) is 1.79. The SMILES string of the molecule is CNS(=O)(=O)CCNC(=O)NC(=O)CCC(=O)O. The van der Waals surface area contributed by atoms with E-state index >= 15 is 0 Å². The molecule has 4 N–H and O–H groups in total. The number of hydrogen-bond donors (Lipinski definition) is 4. The van der Waals surface area contributed by atoms with Crippen LogP contribution in [0, 0.1) is 0 Å². The zero-order valence-electron chi connectivity index (χ0n) is 9.73. The van der Waals surface area contributed by atoms with Crippen molar-refractivity contribution in [2.24, 2.45) is 0 Å². The van der Waals surface area contributed by atoms with Gasteiger partial charge in [0.1, 0.15) is 0 Å². The minimum atomic E-state index is -3.42. The number of carbonyl (C=O) groups excluding carboxylic acids is 2. The van der Waals surface area contributed by atoms with Crippen molar-refractivity contribution < 1.29 is 27.9 Å². The molecule has 0 unspecified atom stereocenters. The highest BCUT2D eigenvalue weighted by atomic mass is 32.2. The maximum atomic E-state index is 11.1. The number of amides is 3. The van der Waals surface area contributed by atoms with Gasteiger partial charge in [0.15, 0.2) is 0 Å². The van der Waals surface area contributed by atoms with Crippen LogP contribution in [0.2, 0.25) is 0 Å². The van der Waals surface area contributed by atoms with Gasteiger partial charge < -0.3 is 10.4 Å². The van der Waals surface area contributed by atoms with Gasteiger partial charge in [-0.1, -0.05) is 0 Å². The standard InChI is InChI=1S/C8H15N3O6S/c1-9-18(16,17)5-4-10-8(15)11-6(12)2-3-7(13)14/h9H,2-5H2,1H3,(H,13,14)(H2,10,11,12,15). The van der Waals surface area contributed by atoms with Crippen LogP contribution in [0.5, 0.6) is 0 Å². The zero-order chi connectivity index (χ0) is 14.2. The van der Waals surface area contributed by atoms with Gasteiger partial charge in [-0.3, -0.25) is 14.9 Å². The Labute approximate surface area is 104 Å². The molecule has 0 atom stereocenters. The summed E-state index contributed by atoms with van der Waals surface area (Å²) in [6.07, 6.45) is -0.704. The van der Waals surface area contributed by atoms with Crippen molar-refractivity contribution in [1.82, 2.24) is 15.4 Å². The lowest BCUT2D eigenvalue weighted by Gasteiger charge is -2.06. The molecule has 0 radical (unpaired) electrons. The maximum absolute atomic E-state index is 11.1. The summed E-state index contributed by atoms with van der Waals surface area (Å²) in [4.78, 5) is 32.2. The van der Waals surface area contributed by atoms with E-state index in [0.717, 1.165) is 0 Å². The van der Waals surface area contributed by atoms with Crippen LogP contribution in [0.1, 0.15) is 12.8 Å². The molecule has 10 heteroatoms. The van der Waals surface area contributed by atoms with E-state index < -0.39 is 27.9 Å². The molecular weight excluding hydrogens is 266 g/mol.